The maximum Gasteiger partial charge on any atom is 0.255 e. The molecular weight excluding hydrogens is 370 g/mol. The van der Waals surface area contributed by atoms with Gasteiger partial charge in [0.2, 0.25) is 5.91 Å². The number of anilines is 2. The Labute approximate surface area is 168 Å². The molecule has 0 aliphatic carbocycles. The van der Waals surface area contributed by atoms with Crippen LogP contribution in [-0.4, -0.2) is 23.8 Å². The minimum absolute atomic E-state index is 0.0433. The van der Waals surface area contributed by atoms with Gasteiger partial charge in [0.15, 0.2) is 0 Å². The molecule has 1 N–H and O–H groups in total. The molecule has 3 aromatic rings. The summed E-state index contributed by atoms with van der Waals surface area (Å²) in [6, 6.07) is 18.7. The molecule has 2 aromatic carbocycles. The van der Waals surface area contributed by atoms with E-state index in [1.807, 2.05) is 42.6 Å². The van der Waals surface area contributed by atoms with Crippen molar-refractivity contribution in [1.82, 2.24) is 4.98 Å². The first-order valence-electron chi connectivity index (χ1n) is 8.80. The second kappa shape index (κ2) is 9.19. The van der Waals surface area contributed by atoms with E-state index < -0.39 is 0 Å². The molecule has 0 saturated carbocycles. The van der Waals surface area contributed by atoms with E-state index in [2.05, 4.69) is 10.3 Å². The van der Waals surface area contributed by atoms with Crippen LogP contribution in [0.5, 0.6) is 0 Å². The molecule has 0 radical (unpaired) electrons. The third kappa shape index (κ3) is 5.20. The molecule has 0 saturated heterocycles. The summed E-state index contributed by atoms with van der Waals surface area (Å²) < 4.78 is 0. The summed E-state index contributed by atoms with van der Waals surface area (Å²) in [5.74, 6) is 0.621. The van der Waals surface area contributed by atoms with Gasteiger partial charge in [-0.15, -0.1) is 11.8 Å². The Morgan fingerprint density at radius 1 is 1.04 bits per heavy atom. The van der Waals surface area contributed by atoms with Gasteiger partial charge in [0.1, 0.15) is 0 Å². The second-order valence-electron chi connectivity index (χ2n) is 6.25. The maximum atomic E-state index is 12.4. The van der Waals surface area contributed by atoms with Crippen LogP contribution in [0.15, 0.2) is 78.0 Å². The number of carbonyl (C=O) groups is 2. The van der Waals surface area contributed by atoms with E-state index in [1.165, 1.54) is 6.92 Å². The van der Waals surface area contributed by atoms with Crippen LogP contribution in [0.25, 0.3) is 0 Å². The molecule has 2 amide bonds. The van der Waals surface area contributed by atoms with Gasteiger partial charge >= 0.3 is 0 Å². The highest BCUT2D eigenvalue weighted by atomic mass is 32.2. The molecule has 1 aromatic heterocycles. The molecule has 6 heteroatoms. The van der Waals surface area contributed by atoms with E-state index in [0.717, 1.165) is 21.9 Å². The number of hydrogen-bond donors (Lipinski definition) is 1. The highest BCUT2D eigenvalue weighted by molar-refractivity contribution is 7.98. The molecule has 3 rings (SSSR count). The Bertz CT molecular complexity index is 942. The molecule has 142 valence electrons. The van der Waals surface area contributed by atoms with Crippen LogP contribution in [0.3, 0.4) is 0 Å². The monoisotopic (exact) mass is 391 g/mol. The van der Waals surface area contributed by atoms with E-state index in [-0.39, 0.29) is 11.8 Å². The first-order valence-corrected chi connectivity index (χ1v) is 9.79. The molecular formula is C22H21N3O2S. The van der Waals surface area contributed by atoms with Gasteiger partial charge in [-0.25, -0.2) is 0 Å². The van der Waals surface area contributed by atoms with Crippen molar-refractivity contribution < 1.29 is 9.59 Å². The minimum atomic E-state index is -0.170. The van der Waals surface area contributed by atoms with Crippen molar-refractivity contribution in [3.63, 3.8) is 0 Å². The largest absolute Gasteiger partial charge is 0.322 e. The number of amides is 2. The molecule has 5 nitrogen and oxygen atoms in total. The van der Waals surface area contributed by atoms with Crippen molar-refractivity contribution in [2.24, 2.45) is 0 Å². The van der Waals surface area contributed by atoms with Crippen LogP contribution in [0.4, 0.5) is 11.4 Å². The average molecular weight is 391 g/mol. The van der Waals surface area contributed by atoms with Gasteiger partial charge < -0.3 is 10.2 Å². The minimum Gasteiger partial charge on any atom is -0.322 e. The van der Waals surface area contributed by atoms with Gasteiger partial charge in [-0.2, -0.15) is 0 Å². The van der Waals surface area contributed by atoms with Crippen LogP contribution in [0.1, 0.15) is 22.8 Å². The fourth-order valence-electron chi connectivity index (χ4n) is 2.51. The lowest BCUT2D eigenvalue weighted by atomic mass is 10.2. The van der Waals surface area contributed by atoms with Crippen molar-refractivity contribution in [1.29, 1.82) is 0 Å². The number of rotatable bonds is 6. The number of aromatic nitrogens is 1. The van der Waals surface area contributed by atoms with E-state index in [0.29, 0.717) is 11.3 Å². The van der Waals surface area contributed by atoms with Crippen molar-refractivity contribution in [2.45, 2.75) is 17.6 Å². The van der Waals surface area contributed by atoms with Gasteiger partial charge in [-0.3, -0.25) is 14.6 Å². The summed E-state index contributed by atoms with van der Waals surface area (Å²) in [5, 5.41) is 2.87. The van der Waals surface area contributed by atoms with Gasteiger partial charge in [0, 0.05) is 54.0 Å². The SMILES string of the molecule is CC(=O)N(C)c1ccc(NC(=O)c2ccc(SCc3cccnc3)cc2)cc1. The number of nitrogens with zero attached hydrogens (tertiary/aromatic N) is 2. The van der Waals surface area contributed by atoms with Gasteiger partial charge in [-0.05, 0) is 60.2 Å². The predicted molar refractivity (Wildman–Crippen MR) is 114 cm³/mol. The molecule has 0 aliphatic heterocycles. The molecule has 28 heavy (non-hydrogen) atoms. The average Bonchev–Trinajstić information content (AvgIpc) is 2.73. The third-order valence-corrected chi connectivity index (χ3v) is 5.31. The standard InChI is InChI=1S/C22H21N3O2S/c1-16(26)25(2)20-9-7-19(8-10-20)24-22(27)18-5-11-21(12-6-18)28-15-17-4-3-13-23-14-17/h3-14H,15H2,1-2H3,(H,24,27). The summed E-state index contributed by atoms with van der Waals surface area (Å²) in [6.07, 6.45) is 3.62. The molecule has 0 bridgehead atoms. The second-order valence-corrected chi connectivity index (χ2v) is 7.30. The van der Waals surface area contributed by atoms with Crippen LogP contribution >= 0.6 is 11.8 Å². The van der Waals surface area contributed by atoms with E-state index >= 15 is 0 Å². The number of benzene rings is 2. The Balaban J connectivity index is 1.58. The smallest absolute Gasteiger partial charge is 0.255 e. The molecule has 0 fully saturated rings. The fraction of sp³-hybridized carbons (Fsp3) is 0.136. The van der Waals surface area contributed by atoms with E-state index in [1.54, 1.807) is 54.2 Å². The summed E-state index contributed by atoms with van der Waals surface area (Å²) in [6.45, 7) is 1.51. The lowest BCUT2D eigenvalue weighted by Crippen LogP contribution is -2.22. The van der Waals surface area contributed by atoms with Crippen LogP contribution in [0.2, 0.25) is 0 Å². The Kier molecular flexibility index (Phi) is 6.45. The van der Waals surface area contributed by atoms with Crippen LogP contribution < -0.4 is 10.2 Å². The Morgan fingerprint density at radius 3 is 2.36 bits per heavy atom. The molecule has 1 heterocycles. The molecule has 0 atom stereocenters. The number of hydrogen-bond acceptors (Lipinski definition) is 4. The van der Waals surface area contributed by atoms with Gasteiger partial charge in [-0.1, -0.05) is 6.07 Å². The zero-order valence-electron chi connectivity index (χ0n) is 15.8. The number of nitrogens with one attached hydrogen (secondary N) is 1. The fourth-order valence-corrected chi connectivity index (χ4v) is 3.34. The Morgan fingerprint density at radius 2 is 1.75 bits per heavy atom. The van der Waals surface area contributed by atoms with Crippen molar-refractivity contribution in [3.8, 4) is 0 Å². The van der Waals surface area contributed by atoms with Crippen molar-refractivity contribution in [2.75, 3.05) is 17.3 Å². The first-order chi connectivity index (χ1) is 13.5. The zero-order chi connectivity index (χ0) is 19.9. The van der Waals surface area contributed by atoms with Gasteiger partial charge in [0.25, 0.3) is 5.91 Å². The first kappa shape index (κ1) is 19.6. The Hall–Kier alpha value is -3.12. The summed E-state index contributed by atoms with van der Waals surface area (Å²) in [7, 11) is 1.71. The summed E-state index contributed by atoms with van der Waals surface area (Å²) >= 11 is 1.70. The molecule has 0 spiro atoms. The maximum absolute atomic E-state index is 12.4. The lowest BCUT2D eigenvalue weighted by Gasteiger charge is -2.15. The van der Waals surface area contributed by atoms with Crippen LogP contribution in [0, 0.1) is 0 Å². The van der Waals surface area contributed by atoms with Gasteiger partial charge in [0.05, 0.1) is 0 Å². The van der Waals surface area contributed by atoms with E-state index in [9.17, 15) is 9.59 Å². The van der Waals surface area contributed by atoms with Crippen molar-refractivity contribution >= 4 is 35.0 Å². The lowest BCUT2D eigenvalue weighted by molar-refractivity contribution is -0.116. The highest BCUT2D eigenvalue weighted by Crippen LogP contribution is 2.23. The van der Waals surface area contributed by atoms with E-state index in [4.69, 9.17) is 0 Å². The summed E-state index contributed by atoms with van der Waals surface area (Å²) in [4.78, 5) is 30.6. The topological polar surface area (TPSA) is 62.3 Å². The normalized spacial score (nSPS) is 10.4. The summed E-state index contributed by atoms with van der Waals surface area (Å²) in [5.41, 5.74) is 3.21. The quantitative estimate of drug-likeness (QED) is 0.624. The number of thioether (sulfide) groups is 1. The highest BCUT2D eigenvalue weighted by Gasteiger charge is 2.08. The van der Waals surface area contributed by atoms with Crippen LogP contribution in [-0.2, 0) is 10.5 Å². The van der Waals surface area contributed by atoms with Crippen molar-refractivity contribution in [3.05, 3.63) is 84.2 Å². The molecule has 0 unspecified atom stereocenters. The number of pyridine rings is 1. The predicted octanol–water partition coefficient (Wildman–Crippen LogP) is 4.61. The molecule has 0 aliphatic rings. The number of carbonyl (C=O) groups excluding carboxylic acids is 2. The zero-order valence-corrected chi connectivity index (χ0v) is 16.6. The third-order valence-electron chi connectivity index (χ3n) is 4.23.